The molecule has 0 amide bonds. The van der Waals surface area contributed by atoms with Crippen LogP contribution >= 0.6 is 0 Å². The number of ether oxygens (including phenoxy) is 1. The van der Waals surface area contributed by atoms with Crippen LogP contribution in [0.25, 0.3) is 10.9 Å². The Morgan fingerprint density at radius 3 is 2.77 bits per heavy atom. The van der Waals surface area contributed by atoms with Crippen LogP contribution in [0.2, 0.25) is 0 Å². The van der Waals surface area contributed by atoms with Gasteiger partial charge in [-0.3, -0.25) is 0 Å². The zero-order chi connectivity index (χ0) is 15.5. The lowest BCUT2D eigenvalue weighted by Crippen LogP contribution is -2.11. The molecule has 1 heterocycles. The van der Waals surface area contributed by atoms with Crippen LogP contribution in [0.1, 0.15) is 61.1 Å². The summed E-state index contributed by atoms with van der Waals surface area (Å²) in [6.45, 7) is 5.68. The molecule has 1 aliphatic carbocycles. The summed E-state index contributed by atoms with van der Waals surface area (Å²) in [5.41, 5.74) is 4.73. The second-order valence-electron chi connectivity index (χ2n) is 6.12. The molecule has 0 spiro atoms. The molecule has 1 aliphatic rings. The first kappa shape index (κ1) is 15.1. The van der Waals surface area contributed by atoms with Crippen LogP contribution in [0.4, 0.5) is 0 Å². The smallest absolute Gasteiger partial charge is 0.340 e. The number of aryl methyl sites for hydroxylation is 2. The van der Waals surface area contributed by atoms with Crippen LogP contribution in [-0.2, 0) is 24.1 Å². The van der Waals surface area contributed by atoms with Crippen LogP contribution in [0, 0.1) is 0 Å². The maximum absolute atomic E-state index is 12.5. The average Bonchev–Trinajstić information content (AvgIpc) is 2.88. The van der Waals surface area contributed by atoms with E-state index in [2.05, 4.69) is 17.6 Å². The van der Waals surface area contributed by atoms with Gasteiger partial charge in [0.1, 0.15) is 0 Å². The molecule has 118 valence electrons. The quantitative estimate of drug-likeness (QED) is 0.761. The molecule has 3 rings (SSSR count). The summed E-state index contributed by atoms with van der Waals surface area (Å²) < 4.78 is 7.78. The van der Waals surface area contributed by atoms with E-state index >= 15 is 0 Å². The van der Waals surface area contributed by atoms with E-state index < -0.39 is 0 Å². The molecular weight excluding hydrogens is 274 g/mol. The van der Waals surface area contributed by atoms with Crippen molar-refractivity contribution in [3.8, 4) is 0 Å². The molecule has 0 aliphatic heterocycles. The molecule has 22 heavy (non-hydrogen) atoms. The predicted octanol–water partition coefficient (Wildman–Crippen LogP) is 4.50. The van der Waals surface area contributed by atoms with E-state index in [0.29, 0.717) is 6.61 Å². The molecule has 0 unspecified atom stereocenters. The minimum atomic E-state index is -0.181. The molecule has 0 saturated heterocycles. The second kappa shape index (κ2) is 6.55. The van der Waals surface area contributed by atoms with E-state index in [0.717, 1.165) is 43.3 Å². The third-order valence-corrected chi connectivity index (χ3v) is 4.50. The van der Waals surface area contributed by atoms with E-state index in [-0.39, 0.29) is 5.97 Å². The normalized spacial score (nSPS) is 14.1. The van der Waals surface area contributed by atoms with E-state index in [1.54, 1.807) is 0 Å². The molecule has 0 fully saturated rings. The highest BCUT2D eigenvalue weighted by atomic mass is 16.5. The van der Waals surface area contributed by atoms with Crippen LogP contribution in [0.5, 0.6) is 0 Å². The molecule has 3 heteroatoms. The van der Waals surface area contributed by atoms with E-state index in [9.17, 15) is 4.79 Å². The summed E-state index contributed by atoms with van der Waals surface area (Å²) >= 11 is 0. The van der Waals surface area contributed by atoms with Crippen molar-refractivity contribution < 1.29 is 9.53 Å². The fourth-order valence-corrected chi connectivity index (χ4v) is 3.60. The van der Waals surface area contributed by atoms with Crippen molar-refractivity contribution in [3.63, 3.8) is 0 Å². The number of carbonyl (C=O) groups is 1. The van der Waals surface area contributed by atoms with Gasteiger partial charge in [0.2, 0.25) is 0 Å². The fourth-order valence-electron chi connectivity index (χ4n) is 3.60. The molecule has 0 saturated carbocycles. The molecule has 0 N–H and O–H groups in total. The molecule has 3 nitrogen and oxygen atoms in total. The lowest BCUT2D eigenvalue weighted by molar-refractivity contribution is 0.0507. The Morgan fingerprint density at radius 2 is 2.00 bits per heavy atom. The van der Waals surface area contributed by atoms with Crippen molar-refractivity contribution in [2.75, 3.05) is 6.61 Å². The van der Waals surface area contributed by atoms with Crippen LogP contribution in [-0.4, -0.2) is 17.1 Å². The fraction of sp³-hybridized carbons (Fsp3) is 0.526. The lowest BCUT2D eigenvalue weighted by Gasteiger charge is -2.15. The number of para-hydroxylation sites is 1. The zero-order valence-corrected chi connectivity index (χ0v) is 13.7. The summed E-state index contributed by atoms with van der Waals surface area (Å²) in [6, 6.07) is 6.08. The van der Waals surface area contributed by atoms with Gasteiger partial charge in [-0.15, -0.1) is 0 Å². The molecule has 1 aromatic carbocycles. The first-order chi connectivity index (χ1) is 10.8. The number of aromatic nitrogens is 1. The van der Waals surface area contributed by atoms with Crippen molar-refractivity contribution in [2.24, 2.45) is 0 Å². The SMILES string of the molecule is CCCOC(=O)c1cccc2c3c(n(CCC)c12)CCCC3. The van der Waals surface area contributed by atoms with Crippen molar-refractivity contribution in [2.45, 2.75) is 58.9 Å². The highest BCUT2D eigenvalue weighted by molar-refractivity contribution is 6.04. The number of hydrogen-bond acceptors (Lipinski definition) is 2. The number of fused-ring (bicyclic) bond motifs is 3. The van der Waals surface area contributed by atoms with Crippen molar-refractivity contribution in [3.05, 3.63) is 35.0 Å². The summed E-state index contributed by atoms with van der Waals surface area (Å²) in [5.74, 6) is -0.181. The van der Waals surface area contributed by atoms with Crippen molar-refractivity contribution in [1.82, 2.24) is 4.57 Å². The van der Waals surface area contributed by atoms with E-state index in [4.69, 9.17) is 4.74 Å². The van der Waals surface area contributed by atoms with Gasteiger partial charge in [0, 0.05) is 17.6 Å². The lowest BCUT2D eigenvalue weighted by atomic mass is 9.95. The van der Waals surface area contributed by atoms with Crippen molar-refractivity contribution >= 4 is 16.9 Å². The molecule has 1 aromatic heterocycles. The number of hydrogen-bond donors (Lipinski definition) is 0. The predicted molar refractivity (Wildman–Crippen MR) is 89.4 cm³/mol. The largest absolute Gasteiger partial charge is 0.462 e. The standard InChI is InChI=1S/C19H25NO2/c1-3-12-20-17-11-6-5-8-14(17)15-9-7-10-16(18(15)20)19(21)22-13-4-2/h7,9-10H,3-6,8,11-13H2,1-2H3. The van der Waals surface area contributed by atoms with Gasteiger partial charge < -0.3 is 9.30 Å². The monoisotopic (exact) mass is 299 g/mol. The second-order valence-corrected chi connectivity index (χ2v) is 6.12. The number of esters is 1. The van der Waals surface area contributed by atoms with Gasteiger partial charge in [0.05, 0.1) is 17.7 Å². The summed E-state index contributed by atoms with van der Waals surface area (Å²) in [4.78, 5) is 12.5. The maximum atomic E-state index is 12.5. The molecule has 0 atom stereocenters. The van der Waals surface area contributed by atoms with Crippen LogP contribution < -0.4 is 0 Å². The van der Waals surface area contributed by atoms with E-state index in [1.165, 1.54) is 29.5 Å². The van der Waals surface area contributed by atoms with Gasteiger partial charge in [-0.05, 0) is 50.2 Å². The molecule has 0 radical (unpaired) electrons. The Kier molecular flexibility index (Phi) is 4.51. The summed E-state index contributed by atoms with van der Waals surface area (Å²) in [7, 11) is 0. The third kappa shape index (κ3) is 2.53. The van der Waals surface area contributed by atoms with Gasteiger partial charge in [-0.25, -0.2) is 4.79 Å². The molecule has 2 aromatic rings. The van der Waals surface area contributed by atoms with Gasteiger partial charge in [-0.1, -0.05) is 26.0 Å². The Hall–Kier alpha value is -1.77. The van der Waals surface area contributed by atoms with Crippen LogP contribution in [0.3, 0.4) is 0 Å². The Labute approximate surface area is 132 Å². The summed E-state index contributed by atoms with van der Waals surface area (Å²) in [5, 5.41) is 1.26. The van der Waals surface area contributed by atoms with Gasteiger partial charge in [-0.2, -0.15) is 0 Å². The highest BCUT2D eigenvalue weighted by Gasteiger charge is 2.23. The zero-order valence-electron chi connectivity index (χ0n) is 13.7. The van der Waals surface area contributed by atoms with E-state index in [1.807, 2.05) is 19.1 Å². The third-order valence-electron chi connectivity index (χ3n) is 4.50. The van der Waals surface area contributed by atoms with Gasteiger partial charge >= 0.3 is 5.97 Å². The minimum absolute atomic E-state index is 0.181. The molecule has 0 bridgehead atoms. The summed E-state index contributed by atoms with van der Waals surface area (Å²) in [6.07, 6.45) is 6.71. The Morgan fingerprint density at radius 1 is 1.18 bits per heavy atom. The van der Waals surface area contributed by atoms with Crippen LogP contribution in [0.15, 0.2) is 18.2 Å². The maximum Gasteiger partial charge on any atom is 0.340 e. The van der Waals surface area contributed by atoms with Crippen molar-refractivity contribution in [1.29, 1.82) is 0 Å². The van der Waals surface area contributed by atoms with Gasteiger partial charge in [0.25, 0.3) is 0 Å². The number of benzene rings is 1. The highest BCUT2D eigenvalue weighted by Crippen LogP contribution is 2.34. The Bertz CT molecular complexity index is 684. The number of rotatable bonds is 5. The first-order valence-electron chi connectivity index (χ1n) is 8.58. The molecular formula is C19H25NO2. The number of nitrogens with zero attached hydrogens (tertiary/aromatic N) is 1. The van der Waals surface area contributed by atoms with Gasteiger partial charge in [0.15, 0.2) is 0 Å². The average molecular weight is 299 g/mol. The number of carbonyl (C=O) groups excluding carboxylic acids is 1. The minimum Gasteiger partial charge on any atom is -0.462 e. The topological polar surface area (TPSA) is 31.2 Å². The Balaban J connectivity index is 2.17. The first-order valence-corrected chi connectivity index (χ1v) is 8.58.